The Labute approximate surface area is 192 Å². The van der Waals surface area contributed by atoms with Crippen LogP contribution < -0.4 is 11.2 Å². The Kier molecular flexibility index (Phi) is 9.97. The van der Waals surface area contributed by atoms with Crippen molar-refractivity contribution in [1.29, 1.82) is 0 Å². The Balaban J connectivity index is 2.11. The predicted octanol–water partition coefficient (Wildman–Crippen LogP) is 2.18. The van der Waals surface area contributed by atoms with Crippen LogP contribution in [-0.4, -0.2) is 49.4 Å². The highest BCUT2D eigenvalue weighted by Gasteiger charge is 2.44. The monoisotopic (exact) mass is 466 g/mol. The molecule has 0 aliphatic carbocycles. The van der Waals surface area contributed by atoms with Gasteiger partial charge < -0.3 is 20.1 Å². The third-order valence-electron chi connectivity index (χ3n) is 5.69. The van der Waals surface area contributed by atoms with Crippen molar-refractivity contribution in [1.82, 2.24) is 9.13 Å². The van der Waals surface area contributed by atoms with Gasteiger partial charge in [-0.05, 0) is 53.4 Å². The van der Waals surface area contributed by atoms with E-state index in [1.165, 1.54) is 11.1 Å². The molecular weight excluding hydrogens is 431 g/mol. The van der Waals surface area contributed by atoms with Crippen molar-refractivity contribution in [3.63, 3.8) is 0 Å². The minimum Gasteiger partial charge on any atom is -0.394 e. The molecule has 4 unspecified atom stereocenters. The maximum Gasteiger partial charge on any atom is 0.333 e. The fraction of sp³-hybridized carbons (Fsp3) is 0.583. The molecule has 1 aromatic heterocycles. The topological polar surface area (TPSA) is 114 Å². The summed E-state index contributed by atoms with van der Waals surface area (Å²) in [6.07, 6.45) is 4.70. The number of ether oxygens (including phenoxy) is 1. The Bertz CT molecular complexity index is 1020. The minimum atomic E-state index is -1.56. The first kappa shape index (κ1) is 26.9. The van der Waals surface area contributed by atoms with Gasteiger partial charge in [0.2, 0.25) is 5.82 Å². The van der Waals surface area contributed by atoms with E-state index in [9.17, 15) is 29.3 Å². The van der Waals surface area contributed by atoms with Crippen LogP contribution >= 0.6 is 0 Å². The number of allylic oxidation sites excluding steroid dienone is 6. The van der Waals surface area contributed by atoms with Gasteiger partial charge in [0.25, 0.3) is 5.56 Å². The molecule has 0 bridgehead atoms. The van der Waals surface area contributed by atoms with E-state index in [1.807, 2.05) is 6.92 Å². The molecule has 4 atom stereocenters. The number of aliphatic hydroxyl groups is 3. The Morgan fingerprint density at radius 2 is 1.64 bits per heavy atom. The minimum absolute atomic E-state index is 0.140. The van der Waals surface area contributed by atoms with Gasteiger partial charge in [0.15, 0.2) is 6.23 Å². The molecule has 3 N–H and O–H groups in total. The van der Waals surface area contributed by atoms with Gasteiger partial charge in [-0.2, -0.15) is 4.39 Å². The van der Waals surface area contributed by atoms with Gasteiger partial charge in [0.1, 0.15) is 18.3 Å². The van der Waals surface area contributed by atoms with Crippen molar-refractivity contribution in [3.05, 3.63) is 67.8 Å². The van der Waals surface area contributed by atoms with E-state index in [1.54, 1.807) is 6.08 Å². The van der Waals surface area contributed by atoms with Gasteiger partial charge in [-0.25, -0.2) is 4.79 Å². The summed E-state index contributed by atoms with van der Waals surface area (Å²) >= 11 is 0. The maximum absolute atomic E-state index is 14.3. The lowest BCUT2D eigenvalue weighted by atomic mass is 10.1. The molecule has 2 heterocycles. The van der Waals surface area contributed by atoms with Crippen molar-refractivity contribution in [3.8, 4) is 0 Å². The smallest absolute Gasteiger partial charge is 0.333 e. The summed E-state index contributed by atoms with van der Waals surface area (Å²) in [5.41, 5.74) is 1.57. The summed E-state index contributed by atoms with van der Waals surface area (Å²) in [6.45, 7) is 7.38. The molecule has 33 heavy (non-hydrogen) atoms. The highest BCUT2D eigenvalue weighted by Crippen LogP contribution is 2.28. The van der Waals surface area contributed by atoms with Crippen LogP contribution in [0.15, 0.2) is 50.7 Å². The molecule has 0 saturated carbocycles. The number of aliphatic hydroxyl groups excluding tert-OH is 3. The lowest BCUT2D eigenvalue weighted by molar-refractivity contribution is -0.0560. The largest absolute Gasteiger partial charge is 0.394 e. The lowest BCUT2D eigenvalue weighted by Gasteiger charge is -2.18. The second-order valence-electron chi connectivity index (χ2n) is 8.77. The van der Waals surface area contributed by atoms with Crippen LogP contribution in [0.2, 0.25) is 0 Å². The van der Waals surface area contributed by atoms with Crippen molar-refractivity contribution in [2.75, 3.05) is 6.61 Å². The molecule has 0 aromatic carbocycles. The van der Waals surface area contributed by atoms with E-state index in [0.717, 1.165) is 35.8 Å². The standard InChI is InChI=1S/C24H35FN2O6/c1-15(2)7-5-8-16(3)9-6-10-17(4)11-12-26-22(31)18(25)13-27(24(26)32)23-21(30)20(29)19(14-28)33-23/h7,9,11,13,19-21,23,28-30H,5-6,8,10,12,14H2,1-4H3/b16-9+,17-11+. The zero-order valence-electron chi connectivity index (χ0n) is 19.7. The third kappa shape index (κ3) is 7.07. The number of hydrogen-bond acceptors (Lipinski definition) is 6. The fourth-order valence-electron chi connectivity index (χ4n) is 3.63. The fourth-order valence-corrected chi connectivity index (χ4v) is 3.63. The van der Waals surface area contributed by atoms with Crippen LogP contribution in [0.5, 0.6) is 0 Å². The van der Waals surface area contributed by atoms with Crippen LogP contribution in [0.4, 0.5) is 4.39 Å². The molecule has 1 aliphatic rings. The molecule has 0 amide bonds. The van der Waals surface area contributed by atoms with Crippen molar-refractivity contribution in [2.45, 2.75) is 84.5 Å². The van der Waals surface area contributed by atoms with E-state index in [4.69, 9.17) is 4.74 Å². The quantitative estimate of drug-likeness (QED) is 0.456. The van der Waals surface area contributed by atoms with Crippen LogP contribution in [-0.2, 0) is 11.3 Å². The SMILES string of the molecule is CC(C)=CCC/C(C)=C/CC/C(C)=C/Cn1c(=O)c(F)cn(C2OC(CO)C(O)C2O)c1=O. The average molecular weight is 467 g/mol. The molecule has 2 rings (SSSR count). The molecule has 8 nitrogen and oxygen atoms in total. The van der Waals surface area contributed by atoms with Crippen molar-refractivity contribution >= 4 is 0 Å². The number of aromatic nitrogens is 2. The normalized spacial score (nSPS) is 23.8. The van der Waals surface area contributed by atoms with Crippen molar-refractivity contribution in [2.24, 2.45) is 0 Å². The molecule has 1 aliphatic heterocycles. The second kappa shape index (κ2) is 12.2. The molecular formula is C24H35FN2O6. The molecule has 0 spiro atoms. The molecule has 1 fully saturated rings. The first-order valence-corrected chi connectivity index (χ1v) is 11.1. The molecule has 9 heteroatoms. The zero-order chi connectivity index (χ0) is 24.7. The van der Waals surface area contributed by atoms with E-state index in [0.29, 0.717) is 10.8 Å². The molecule has 0 radical (unpaired) electrons. The molecule has 184 valence electrons. The number of nitrogens with zero attached hydrogens (tertiary/aromatic N) is 2. The van der Waals surface area contributed by atoms with Crippen molar-refractivity contribution < 1.29 is 24.4 Å². The predicted molar refractivity (Wildman–Crippen MR) is 123 cm³/mol. The first-order chi connectivity index (χ1) is 15.6. The molecule has 1 aromatic rings. The summed E-state index contributed by atoms with van der Waals surface area (Å²) in [7, 11) is 0. The Hall–Kier alpha value is -2.33. The Morgan fingerprint density at radius 1 is 1.03 bits per heavy atom. The number of halogens is 1. The summed E-state index contributed by atoms with van der Waals surface area (Å²) in [6, 6.07) is 0. The van der Waals surface area contributed by atoms with E-state index >= 15 is 0 Å². The van der Waals surface area contributed by atoms with E-state index in [-0.39, 0.29) is 6.54 Å². The maximum atomic E-state index is 14.3. The lowest BCUT2D eigenvalue weighted by Crippen LogP contribution is -2.44. The highest BCUT2D eigenvalue weighted by atomic mass is 19.1. The van der Waals surface area contributed by atoms with E-state index in [2.05, 4.69) is 32.9 Å². The van der Waals surface area contributed by atoms with Gasteiger partial charge >= 0.3 is 5.69 Å². The van der Waals surface area contributed by atoms with Gasteiger partial charge in [-0.15, -0.1) is 0 Å². The van der Waals surface area contributed by atoms with Crippen LogP contribution in [0.25, 0.3) is 0 Å². The van der Waals surface area contributed by atoms with Crippen LogP contribution in [0.3, 0.4) is 0 Å². The summed E-state index contributed by atoms with van der Waals surface area (Å²) < 4.78 is 21.0. The van der Waals surface area contributed by atoms with Gasteiger partial charge in [0, 0.05) is 6.54 Å². The molecule has 1 saturated heterocycles. The highest BCUT2D eigenvalue weighted by molar-refractivity contribution is 5.06. The van der Waals surface area contributed by atoms with Gasteiger partial charge in [-0.1, -0.05) is 34.9 Å². The van der Waals surface area contributed by atoms with Gasteiger partial charge in [-0.3, -0.25) is 13.9 Å². The third-order valence-corrected chi connectivity index (χ3v) is 5.69. The zero-order valence-corrected chi connectivity index (χ0v) is 19.7. The number of hydrogen-bond donors (Lipinski definition) is 3. The second-order valence-corrected chi connectivity index (χ2v) is 8.77. The van der Waals surface area contributed by atoms with E-state index < -0.39 is 48.2 Å². The van der Waals surface area contributed by atoms with Crippen LogP contribution in [0.1, 0.15) is 59.6 Å². The van der Waals surface area contributed by atoms with Crippen LogP contribution in [0, 0.1) is 5.82 Å². The first-order valence-electron chi connectivity index (χ1n) is 11.1. The average Bonchev–Trinajstić information content (AvgIpc) is 3.04. The van der Waals surface area contributed by atoms with Gasteiger partial charge in [0.05, 0.1) is 12.8 Å². The number of rotatable bonds is 10. The summed E-state index contributed by atoms with van der Waals surface area (Å²) in [5.74, 6) is -1.19. The Morgan fingerprint density at radius 3 is 2.21 bits per heavy atom. The summed E-state index contributed by atoms with van der Waals surface area (Å²) in [4.78, 5) is 25.0. The summed E-state index contributed by atoms with van der Waals surface area (Å²) in [5, 5.41) is 29.3.